The van der Waals surface area contributed by atoms with Gasteiger partial charge in [-0.05, 0) is 24.1 Å². The molecular formula is C13H15NO3S2. The standard InChI is InChI=1S/C13H15NO3S2/c1-10-4-2-3-5-11(10)7-14-19(16,17)13-6-12(8-15)18-9-13/h2-6,9,14-15H,7-8H2,1H3. The summed E-state index contributed by atoms with van der Waals surface area (Å²) >= 11 is 1.23. The fourth-order valence-corrected chi connectivity index (χ4v) is 3.79. The van der Waals surface area contributed by atoms with E-state index < -0.39 is 10.0 Å². The first kappa shape index (κ1) is 14.2. The van der Waals surface area contributed by atoms with E-state index in [1.807, 2.05) is 31.2 Å². The Hall–Kier alpha value is -1.21. The second-order valence-electron chi connectivity index (χ2n) is 4.16. The Morgan fingerprint density at radius 3 is 2.68 bits per heavy atom. The molecule has 19 heavy (non-hydrogen) atoms. The highest BCUT2D eigenvalue weighted by atomic mass is 32.2. The van der Waals surface area contributed by atoms with E-state index in [-0.39, 0.29) is 18.0 Å². The summed E-state index contributed by atoms with van der Waals surface area (Å²) in [6, 6.07) is 9.12. The van der Waals surface area contributed by atoms with Crippen LogP contribution in [0, 0.1) is 6.92 Å². The summed E-state index contributed by atoms with van der Waals surface area (Å²) in [7, 11) is -3.52. The molecule has 0 aliphatic rings. The number of rotatable bonds is 5. The molecular weight excluding hydrogens is 282 g/mol. The van der Waals surface area contributed by atoms with E-state index in [1.165, 1.54) is 22.8 Å². The maximum absolute atomic E-state index is 12.1. The average molecular weight is 297 g/mol. The predicted octanol–water partition coefficient (Wildman–Crippen LogP) is 2.03. The van der Waals surface area contributed by atoms with E-state index in [4.69, 9.17) is 5.11 Å². The zero-order valence-corrected chi connectivity index (χ0v) is 12.1. The molecule has 2 N–H and O–H groups in total. The lowest BCUT2D eigenvalue weighted by Gasteiger charge is -2.07. The average Bonchev–Trinajstić information content (AvgIpc) is 2.87. The van der Waals surface area contributed by atoms with E-state index in [0.717, 1.165) is 11.1 Å². The van der Waals surface area contributed by atoms with Crippen LogP contribution in [0.15, 0.2) is 40.6 Å². The molecule has 0 aliphatic carbocycles. The molecule has 0 saturated heterocycles. The van der Waals surface area contributed by atoms with Gasteiger partial charge in [0.1, 0.15) is 0 Å². The van der Waals surface area contributed by atoms with Crippen molar-refractivity contribution in [2.75, 3.05) is 0 Å². The molecule has 2 aromatic rings. The van der Waals surface area contributed by atoms with Crippen molar-refractivity contribution in [1.29, 1.82) is 0 Å². The van der Waals surface area contributed by atoms with Crippen LogP contribution in [0.4, 0.5) is 0 Å². The van der Waals surface area contributed by atoms with Crippen LogP contribution in [-0.4, -0.2) is 13.5 Å². The largest absolute Gasteiger partial charge is 0.391 e. The highest BCUT2D eigenvalue weighted by molar-refractivity contribution is 7.89. The highest BCUT2D eigenvalue weighted by Crippen LogP contribution is 2.19. The molecule has 0 amide bonds. The monoisotopic (exact) mass is 297 g/mol. The van der Waals surface area contributed by atoms with E-state index >= 15 is 0 Å². The van der Waals surface area contributed by atoms with Crippen LogP contribution in [0.5, 0.6) is 0 Å². The van der Waals surface area contributed by atoms with Gasteiger partial charge in [-0.3, -0.25) is 0 Å². The van der Waals surface area contributed by atoms with Gasteiger partial charge in [0.15, 0.2) is 0 Å². The van der Waals surface area contributed by atoms with Gasteiger partial charge < -0.3 is 5.11 Å². The van der Waals surface area contributed by atoms with Crippen molar-refractivity contribution in [2.24, 2.45) is 0 Å². The molecule has 6 heteroatoms. The third kappa shape index (κ3) is 3.42. The van der Waals surface area contributed by atoms with Crippen molar-refractivity contribution < 1.29 is 13.5 Å². The lowest BCUT2D eigenvalue weighted by atomic mass is 10.1. The van der Waals surface area contributed by atoms with Crippen molar-refractivity contribution in [2.45, 2.75) is 25.0 Å². The molecule has 0 unspecified atom stereocenters. The van der Waals surface area contributed by atoms with Gasteiger partial charge in [0.2, 0.25) is 10.0 Å². The SMILES string of the molecule is Cc1ccccc1CNS(=O)(=O)c1csc(CO)c1. The highest BCUT2D eigenvalue weighted by Gasteiger charge is 2.16. The van der Waals surface area contributed by atoms with Gasteiger partial charge in [0, 0.05) is 16.8 Å². The van der Waals surface area contributed by atoms with Crippen LogP contribution >= 0.6 is 11.3 Å². The van der Waals surface area contributed by atoms with Crippen molar-refractivity contribution in [1.82, 2.24) is 4.72 Å². The summed E-state index contributed by atoms with van der Waals surface area (Å²) < 4.78 is 26.7. The minimum atomic E-state index is -3.52. The van der Waals surface area contributed by atoms with Crippen LogP contribution in [-0.2, 0) is 23.2 Å². The normalized spacial score (nSPS) is 11.7. The molecule has 1 heterocycles. The number of thiophene rings is 1. The fraction of sp³-hybridized carbons (Fsp3) is 0.231. The Balaban J connectivity index is 2.12. The van der Waals surface area contributed by atoms with Gasteiger partial charge in [-0.25, -0.2) is 13.1 Å². The molecule has 4 nitrogen and oxygen atoms in total. The fourth-order valence-electron chi connectivity index (χ4n) is 1.65. The summed E-state index contributed by atoms with van der Waals surface area (Å²) in [6.07, 6.45) is 0. The van der Waals surface area contributed by atoms with Gasteiger partial charge in [-0.1, -0.05) is 24.3 Å². The topological polar surface area (TPSA) is 66.4 Å². The number of aliphatic hydroxyl groups excluding tert-OH is 1. The number of aryl methyl sites for hydroxylation is 1. The Bertz CT molecular complexity index is 662. The first-order valence-electron chi connectivity index (χ1n) is 5.75. The second kappa shape index (κ2) is 5.83. The molecule has 0 aliphatic heterocycles. The molecule has 0 saturated carbocycles. The van der Waals surface area contributed by atoms with Crippen LogP contribution in [0.2, 0.25) is 0 Å². The predicted molar refractivity (Wildman–Crippen MR) is 75.4 cm³/mol. The number of hydrogen-bond acceptors (Lipinski definition) is 4. The summed E-state index contributed by atoms with van der Waals surface area (Å²) in [4.78, 5) is 0.839. The Kier molecular flexibility index (Phi) is 4.36. The van der Waals surface area contributed by atoms with Crippen LogP contribution in [0.25, 0.3) is 0 Å². The lowest BCUT2D eigenvalue weighted by Crippen LogP contribution is -2.23. The smallest absolute Gasteiger partial charge is 0.241 e. The van der Waals surface area contributed by atoms with E-state index in [2.05, 4.69) is 4.72 Å². The van der Waals surface area contributed by atoms with Gasteiger partial charge in [0.25, 0.3) is 0 Å². The molecule has 0 radical (unpaired) electrons. The quantitative estimate of drug-likeness (QED) is 0.887. The Morgan fingerprint density at radius 2 is 2.05 bits per heavy atom. The Morgan fingerprint density at radius 1 is 1.32 bits per heavy atom. The number of aliphatic hydroxyl groups is 1. The number of hydrogen-bond donors (Lipinski definition) is 2. The number of benzene rings is 1. The zero-order chi connectivity index (χ0) is 13.9. The van der Waals surface area contributed by atoms with Crippen molar-refractivity contribution >= 4 is 21.4 Å². The minimum Gasteiger partial charge on any atom is -0.391 e. The lowest BCUT2D eigenvalue weighted by molar-refractivity contribution is 0.285. The molecule has 0 spiro atoms. The number of sulfonamides is 1. The molecule has 1 aromatic heterocycles. The summed E-state index contributed by atoms with van der Waals surface area (Å²) in [5.41, 5.74) is 2.00. The molecule has 2 rings (SSSR count). The van der Waals surface area contributed by atoms with Crippen molar-refractivity contribution in [3.8, 4) is 0 Å². The second-order valence-corrected chi connectivity index (χ2v) is 6.92. The van der Waals surface area contributed by atoms with Gasteiger partial charge >= 0.3 is 0 Å². The van der Waals surface area contributed by atoms with Crippen LogP contribution in [0.3, 0.4) is 0 Å². The molecule has 0 atom stereocenters. The molecule has 0 fully saturated rings. The Labute approximate surface area is 116 Å². The third-order valence-corrected chi connectivity index (χ3v) is 5.26. The summed E-state index contributed by atoms with van der Waals surface area (Å²) in [5.74, 6) is 0. The molecule has 102 valence electrons. The van der Waals surface area contributed by atoms with E-state index in [0.29, 0.717) is 4.88 Å². The van der Waals surface area contributed by atoms with Crippen molar-refractivity contribution in [3.63, 3.8) is 0 Å². The number of nitrogens with one attached hydrogen (secondary N) is 1. The van der Waals surface area contributed by atoms with Crippen molar-refractivity contribution in [3.05, 3.63) is 51.7 Å². The first-order chi connectivity index (χ1) is 9.03. The maximum Gasteiger partial charge on any atom is 0.241 e. The van der Waals surface area contributed by atoms with Crippen LogP contribution < -0.4 is 4.72 Å². The third-order valence-electron chi connectivity index (χ3n) is 2.81. The zero-order valence-electron chi connectivity index (χ0n) is 10.5. The summed E-state index contributed by atoms with van der Waals surface area (Å²) in [6.45, 7) is 2.06. The van der Waals surface area contributed by atoms with E-state index in [9.17, 15) is 8.42 Å². The van der Waals surface area contributed by atoms with E-state index in [1.54, 1.807) is 0 Å². The molecule has 0 bridgehead atoms. The first-order valence-corrected chi connectivity index (χ1v) is 8.11. The maximum atomic E-state index is 12.1. The van der Waals surface area contributed by atoms with Gasteiger partial charge in [0.05, 0.1) is 11.5 Å². The van der Waals surface area contributed by atoms with Gasteiger partial charge in [-0.15, -0.1) is 11.3 Å². The summed E-state index contributed by atoms with van der Waals surface area (Å²) in [5, 5.41) is 10.5. The minimum absolute atomic E-state index is 0.141. The molecule has 1 aromatic carbocycles. The van der Waals surface area contributed by atoms with Gasteiger partial charge in [-0.2, -0.15) is 0 Å². The van der Waals surface area contributed by atoms with Crippen LogP contribution in [0.1, 0.15) is 16.0 Å².